The predicted molar refractivity (Wildman–Crippen MR) is 104 cm³/mol. The highest BCUT2D eigenvalue weighted by atomic mass is 16.2. The Morgan fingerprint density at radius 2 is 0.964 bits per heavy atom. The minimum absolute atomic E-state index is 0.0500. The Bertz CT molecular complexity index is 581. The van der Waals surface area contributed by atoms with E-state index in [0.29, 0.717) is 6.29 Å². The molecule has 0 radical (unpaired) electrons. The Morgan fingerprint density at radius 3 is 1.29 bits per heavy atom. The SMILES string of the molecule is CC(C)N(C)CC(=O)N(C)CC(=O)N(C)CC(=O)N(C)CC(=O)N(C)CC=O. The molecule has 0 fully saturated rings. The molecule has 28 heavy (non-hydrogen) atoms. The highest BCUT2D eigenvalue weighted by Gasteiger charge is 2.22. The zero-order valence-corrected chi connectivity index (χ0v) is 18.0. The van der Waals surface area contributed by atoms with Gasteiger partial charge in [-0.1, -0.05) is 0 Å². The highest BCUT2D eigenvalue weighted by Crippen LogP contribution is 1.98. The van der Waals surface area contributed by atoms with Gasteiger partial charge >= 0.3 is 0 Å². The van der Waals surface area contributed by atoms with Crippen molar-refractivity contribution < 1.29 is 24.0 Å². The maximum absolute atomic E-state index is 12.3. The van der Waals surface area contributed by atoms with Gasteiger partial charge in [0.2, 0.25) is 23.6 Å². The number of aldehydes is 1. The first-order valence-electron chi connectivity index (χ1n) is 9.00. The Labute approximate surface area is 167 Å². The van der Waals surface area contributed by atoms with Gasteiger partial charge in [-0.05, 0) is 20.9 Å². The molecule has 4 amide bonds. The van der Waals surface area contributed by atoms with Crippen LogP contribution in [0.25, 0.3) is 0 Å². The van der Waals surface area contributed by atoms with E-state index in [9.17, 15) is 24.0 Å². The fraction of sp³-hybridized carbons (Fsp3) is 0.722. The molecule has 0 saturated carbocycles. The van der Waals surface area contributed by atoms with Crippen LogP contribution in [-0.4, -0.2) is 128 Å². The first-order chi connectivity index (χ1) is 12.9. The minimum Gasteiger partial charge on any atom is -0.337 e. The topological polar surface area (TPSA) is 102 Å². The van der Waals surface area contributed by atoms with Crippen molar-refractivity contribution in [3.63, 3.8) is 0 Å². The van der Waals surface area contributed by atoms with Gasteiger partial charge in [0.15, 0.2) is 0 Å². The molecule has 0 atom stereocenters. The highest BCUT2D eigenvalue weighted by molar-refractivity contribution is 5.90. The molecule has 0 spiro atoms. The molecule has 10 heteroatoms. The van der Waals surface area contributed by atoms with Gasteiger partial charge in [-0.3, -0.25) is 24.1 Å². The molecule has 0 aliphatic rings. The van der Waals surface area contributed by atoms with Crippen LogP contribution in [0.4, 0.5) is 0 Å². The zero-order chi connectivity index (χ0) is 22.0. The van der Waals surface area contributed by atoms with E-state index >= 15 is 0 Å². The van der Waals surface area contributed by atoms with Gasteiger partial charge in [-0.25, -0.2) is 0 Å². The van der Waals surface area contributed by atoms with Crippen LogP contribution in [0.5, 0.6) is 0 Å². The summed E-state index contributed by atoms with van der Waals surface area (Å²) in [5.74, 6) is -1.37. The summed E-state index contributed by atoms with van der Waals surface area (Å²) in [4.78, 5) is 65.8. The van der Waals surface area contributed by atoms with Crippen LogP contribution in [0.1, 0.15) is 13.8 Å². The van der Waals surface area contributed by atoms with E-state index in [4.69, 9.17) is 0 Å². The molecule has 0 aliphatic carbocycles. The Morgan fingerprint density at radius 1 is 0.643 bits per heavy atom. The summed E-state index contributed by atoms with van der Waals surface area (Å²) in [5, 5.41) is 0. The molecule has 0 saturated heterocycles. The third kappa shape index (κ3) is 8.94. The summed E-state index contributed by atoms with van der Waals surface area (Å²) in [6.45, 7) is 3.54. The van der Waals surface area contributed by atoms with E-state index in [1.54, 1.807) is 0 Å². The molecule has 0 heterocycles. The number of rotatable bonds is 11. The van der Waals surface area contributed by atoms with Crippen LogP contribution in [0, 0.1) is 0 Å². The molecule has 0 unspecified atom stereocenters. The summed E-state index contributed by atoms with van der Waals surface area (Å²) in [5.41, 5.74) is 0. The largest absolute Gasteiger partial charge is 0.337 e. The standard InChI is InChI=1S/C18H33N5O5/c1-14(2)20(4)10-16(26)22(6)12-18(28)23(7)13-17(27)21(5)11-15(25)19(3)8-9-24/h9,14H,8,10-13H2,1-7H3. The number of hydrogen-bond donors (Lipinski definition) is 0. The third-order valence-electron chi connectivity index (χ3n) is 4.43. The van der Waals surface area contributed by atoms with Crippen LogP contribution in [0.2, 0.25) is 0 Å². The third-order valence-corrected chi connectivity index (χ3v) is 4.43. The lowest BCUT2D eigenvalue weighted by molar-refractivity contribution is -0.144. The molecule has 160 valence electrons. The molecule has 0 aliphatic heterocycles. The van der Waals surface area contributed by atoms with Gasteiger partial charge in [-0.15, -0.1) is 0 Å². The summed E-state index contributed by atoms with van der Waals surface area (Å²) in [6.07, 6.45) is 0.600. The Kier molecular flexibility index (Phi) is 11.0. The molecule has 0 aromatic carbocycles. The summed E-state index contributed by atoms with van der Waals surface area (Å²) in [6, 6.07) is 0.206. The van der Waals surface area contributed by atoms with Crippen LogP contribution in [-0.2, 0) is 24.0 Å². The van der Waals surface area contributed by atoms with Crippen LogP contribution in [0.15, 0.2) is 0 Å². The Balaban J connectivity index is 4.55. The van der Waals surface area contributed by atoms with Crippen molar-refractivity contribution in [2.24, 2.45) is 0 Å². The lowest BCUT2D eigenvalue weighted by Crippen LogP contribution is -2.47. The van der Waals surface area contributed by atoms with E-state index in [-0.39, 0.29) is 56.5 Å². The summed E-state index contributed by atoms with van der Waals surface area (Å²) >= 11 is 0. The number of hydrogen-bond acceptors (Lipinski definition) is 6. The first kappa shape index (κ1) is 25.5. The van der Waals surface area contributed by atoms with E-state index in [2.05, 4.69) is 0 Å². The van der Waals surface area contributed by atoms with Gasteiger partial charge in [0.25, 0.3) is 0 Å². The lowest BCUT2D eigenvalue weighted by atomic mass is 10.3. The average molecular weight is 399 g/mol. The number of carbonyl (C=O) groups excluding carboxylic acids is 5. The fourth-order valence-electron chi connectivity index (χ4n) is 1.97. The van der Waals surface area contributed by atoms with Crippen molar-refractivity contribution in [2.75, 3.05) is 68.0 Å². The van der Waals surface area contributed by atoms with Gasteiger partial charge in [0.1, 0.15) is 6.29 Å². The van der Waals surface area contributed by atoms with E-state index in [1.165, 1.54) is 47.8 Å². The number of nitrogens with zero attached hydrogens (tertiary/aromatic N) is 5. The lowest BCUT2D eigenvalue weighted by Gasteiger charge is -2.26. The van der Waals surface area contributed by atoms with Crippen molar-refractivity contribution >= 4 is 29.9 Å². The smallest absolute Gasteiger partial charge is 0.242 e. The van der Waals surface area contributed by atoms with Crippen molar-refractivity contribution in [1.29, 1.82) is 0 Å². The van der Waals surface area contributed by atoms with E-state index in [0.717, 1.165) is 0 Å². The second-order valence-corrected chi connectivity index (χ2v) is 7.20. The quantitative estimate of drug-likeness (QED) is 0.386. The first-order valence-corrected chi connectivity index (χ1v) is 9.00. The van der Waals surface area contributed by atoms with Gasteiger partial charge < -0.3 is 24.4 Å². The normalized spacial score (nSPS) is 10.6. The van der Waals surface area contributed by atoms with Gasteiger partial charge in [-0.2, -0.15) is 0 Å². The fourth-order valence-corrected chi connectivity index (χ4v) is 1.97. The summed E-state index contributed by atoms with van der Waals surface area (Å²) in [7, 11) is 7.75. The maximum Gasteiger partial charge on any atom is 0.242 e. The van der Waals surface area contributed by atoms with Crippen LogP contribution >= 0.6 is 0 Å². The molecule has 10 nitrogen and oxygen atoms in total. The average Bonchev–Trinajstić information content (AvgIpc) is 2.60. The van der Waals surface area contributed by atoms with Gasteiger partial charge in [0, 0.05) is 34.2 Å². The molecule has 0 aromatic rings. The second-order valence-electron chi connectivity index (χ2n) is 7.20. The molecule has 0 bridgehead atoms. The zero-order valence-electron chi connectivity index (χ0n) is 18.0. The van der Waals surface area contributed by atoms with Crippen LogP contribution in [0.3, 0.4) is 0 Å². The van der Waals surface area contributed by atoms with E-state index in [1.807, 2.05) is 25.8 Å². The molecule has 0 rings (SSSR count). The minimum atomic E-state index is -0.419. The monoisotopic (exact) mass is 399 g/mol. The molecular formula is C18H33N5O5. The van der Waals surface area contributed by atoms with Crippen molar-refractivity contribution in [1.82, 2.24) is 24.5 Å². The maximum atomic E-state index is 12.3. The van der Waals surface area contributed by atoms with Crippen molar-refractivity contribution in [3.05, 3.63) is 0 Å². The molecule has 0 aromatic heterocycles. The number of likely N-dealkylation sites (N-methyl/N-ethyl adjacent to an activating group) is 5. The number of amides is 4. The van der Waals surface area contributed by atoms with Crippen molar-refractivity contribution in [2.45, 2.75) is 19.9 Å². The summed E-state index contributed by atoms with van der Waals surface area (Å²) < 4.78 is 0. The van der Waals surface area contributed by atoms with Crippen molar-refractivity contribution in [3.8, 4) is 0 Å². The van der Waals surface area contributed by atoms with Gasteiger partial charge in [0.05, 0.1) is 32.7 Å². The van der Waals surface area contributed by atoms with E-state index < -0.39 is 5.91 Å². The van der Waals surface area contributed by atoms with Crippen LogP contribution < -0.4 is 0 Å². The number of carbonyl (C=O) groups is 5. The molecule has 0 N–H and O–H groups in total. The molecular weight excluding hydrogens is 366 g/mol. The Hall–Kier alpha value is -2.49. The second kappa shape index (κ2) is 12.1. The predicted octanol–water partition coefficient (Wildman–Crippen LogP) is -1.64.